The Bertz CT molecular complexity index is 479. The summed E-state index contributed by atoms with van der Waals surface area (Å²) < 4.78 is 20.0. The van der Waals surface area contributed by atoms with Gasteiger partial charge < -0.3 is 4.74 Å². The van der Waals surface area contributed by atoms with Crippen molar-refractivity contribution in [3.8, 4) is 17.0 Å². The van der Waals surface area contributed by atoms with E-state index in [0.29, 0.717) is 0 Å². The molecule has 0 atom stereocenters. The Morgan fingerprint density at radius 2 is 2.13 bits per heavy atom. The van der Waals surface area contributed by atoms with Gasteiger partial charge in [0.1, 0.15) is 0 Å². The maximum absolute atomic E-state index is 13.4. The summed E-state index contributed by atoms with van der Waals surface area (Å²) in [5.41, 5.74) is 1.66. The first-order valence-electron chi connectivity index (χ1n) is 4.54. The number of hydrogen-bond acceptors (Lipinski definition) is 2. The van der Waals surface area contributed by atoms with Crippen LogP contribution in [-0.4, -0.2) is 16.9 Å². The van der Waals surface area contributed by atoms with Gasteiger partial charge in [0.25, 0.3) is 0 Å². The smallest absolute Gasteiger partial charge is 0.165 e. The van der Waals surface area contributed by atoms with E-state index in [0.717, 1.165) is 11.3 Å². The number of methoxy groups -OCH3 is 1. The van der Waals surface area contributed by atoms with Gasteiger partial charge in [0.05, 0.1) is 12.8 Å². The van der Waals surface area contributed by atoms with E-state index >= 15 is 0 Å². The summed E-state index contributed by atoms with van der Waals surface area (Å²) in [5.74, 6) is -0.114. The second-order valence-electron chi connectivity index (χ2n) is 3.19. The van der Waals surface area contributed by atoms with Crippen LogP contribution in [0.1, 0.15) is 0 Å². The van der Waals surface area contributed by atoms with E-state index < -0.39 is 0 Å². The molecule has 3 nitrogen and oxygen atoms in total. The highest BCUT2D eigenvalue weighted by Crippen LogP contribution is 2.24. The summed E-state index contributed by atoms with van der Waals surface area (Å²) >= 11 is 0. The van der Waals surface area contributed by atoms with Crippen LogP contribution in [0.25, 0.3) is 11.3 Å². The number of aromatic nitrogens is 2. The molecular weight excluding hydrogens is 195 g/mol. The predicted molar refractivity (Wildman–Crippen MR) is 55.2 cm³/mol. The summed E-state index contributed by atoms with van der Waals surface area (Å²) in [4.78, 5) is 0. The van der Waals surface area contributed by atoms with Crippen LogP contribution < -0.4 is 4.74 Å². The molecule has 0 aliphatic carbocycles. The lowest BCUT2D eigenvalue weighted by atomic mass is 10.1. The first-order valence-corrected chi connectivity index (χ1v) is 4.54. The predicted octanol–water partition coefficient (Wildman–Crippen LogP) is 2.23. The normalized spacial score (nSPS) is 10.3. The van der Waals surface area contributed by atoms with Gasteiger partial charge in [0.15, 0.2) is 11.6 Å². The van der Waals surface area contributed by atoms with Crippen molar-refractivity contribution >= 4 is 0 Å². The van der Waals surface area contributed by atoms with E-state index in [9.17, 15) is 4.39 Å². The lowest BCUT2D eigenvalue weighted by Crippen LogP contribution is -1.94. The molecule has 1 aromatic carbocycles. The summed E-state index contributed by atoms with van der Waals surface area (Å²) in [6.07, 6.45) is 1.68. The fraction of sp³-hybridized carbons (Fsp3) is 0.182. The largest absolute Gasteiger partial charge is 0.494 e. The van der Waals surface area contributed by atoms with Gasteiger partial charge in [-0.25, -0.2) is 4.39 Å². The maximum atomic E-state index is 13.4. The van der Waals surface area contributed by atoms with Gasteiger partial charge in [-0.1, -0.05) is 0 Å². The minimum absolute atomic E-state index is 0.251. The minimum atomic E-state index is -0.365. The third kappa shape index (κ3) is 1.70. The van der Waals surface area contributed by atoms with Crippen molar-refractivity contribution in [2.75, 3.05) is 7.11 Å². The van der Waals surface area contributed by atoms with Crippen molar-refractivity contribution in [3.05, 3.63) is 36.3 Å². The van der Waals surface area contributed by atoms with Crippen LogP contribution in [0, 0.1) is 5.82 Å². The second-order valence-corrected chi connectivity index (χ2v) is 3.19. The second kappa shape index (κ2) is 3.73. The highest BCUT2D eigenvalue weighted by Gasteiger charge is 2.07. The molecule has 0 N–H and O–H groups in total. The fourth-order valence-electron chi connectivity index (χ4n) is 1.48. The van der Waals surface area contributed by atoms with Gasteiger partial charge in [0.2, 0.25) is 0 Å². The number of benzene rings is 1. The number of rotatable bonds is 2. The maximum Gasteiger partial charge on any atom is 0.165 e. The van der Waals surface area contributed by atoms with Crippen molar-refractivity contribution in [1.29, 1.82) is 0 Å². The molecule has 0 radical (unpaired) electrons. The molecule has 0 unspecified atom stereocenters. The van der Waals surface area contributed by atoms with Gasteiger partial charge >= 0.3 is 0 Å². The highest BCUT2D eigenvalue weighted by molar-refractivity contribution is 5.60. The minimum Gasteiger partial charge on any atom is -0.494 e. The van der Waals surface area contributed by atoms with E-state index in [-0.39, 0.29) is 11.6 Å². The molecule has 4 heteroatoms. The first kappa shape index (κ1) is 9.71. The number of halogens is 1. The molecule has 2 rings (SSSR count). The lowest BCUT2D eigenvalue weighted by molar-refractivity contribution is 0.386. The Kier molecular flexibility index (Phi) is 2.41. The monoisotopic (exact) mass is 206 g/mol. The number of nitrogens with zero attached hydrogens (tertiary/aromatic N) is 2. The Hall–Kier alpha value is -1.84. The quantitative estimate of drug-likeness (QED) is 0.753. The zero-order valence-electron chi connectivity index (χ0n) is 8.57. The number of ether oxygens (including phenoxy) is 1. The highest BCUT2D eigenvalue weighted by atomic mass is 19.1. The van der Waals surface area contributed by atoms with Gasteiger partial charge in [0, 0.05) is 18.8 Å². The molecule has 2 aromatic rings. The van der Waals surface area contributed by atoms with Crippen LogP contribution in [0.2, 0.25) is 0 Å². The molecule has 0 spiro atoms. The van der Waals surface area contributed by atoms with Gasteiger partial charge in [-0.3, -0.25) is 4.68 Å². The Balaban J connectivity index is 2.47. The molecule has 1 heterocycles. The zero-order chi connectivity index (χ0) is 10.8. The Labute approximate surface area is 87.1 Å². The third-order valence-corrected chi connectivity index (χ3v) is 2.27. The molecular formula is C11H11FN2O. The molecule has 0 bridgehead atoms. The summed E-state index contributed by atoms with van der Waals surface area (Å²) in [7, 11) is 3.26. The van der Waals surface area contributed by atoms with Gasteiger partial charge in [-0.15, -0.1) is 0 Å². The first-order chi connectivity index (χ1) is 7.22. The molecule has 0 saturated carbocycles. The molecule has 0 aliphatic heterocycles. The van der Waals surface area contributed by atoms with Crippen molar-refractivity contribution in [1.82, 2.24) is 9.78 Å². The molecule has 78 valence electrons. The summed E-state index contributed by atoms with van der Waals surface area (Å²) in [6.45, 7) is 0. The Morgan fingerprint density at radius 1 is 1.33 bits per heavy atom. The average Bonchev–Trinajstić information content (AvgIpc) is 2.64. The standard InChI is InChI=1S/C11H11FN2O/c1-14-10(5-6-13-14)8-3-4-11(15-2)9(12)7-8/h3-7H,1-2H3. The van der Waals surface area contributed by atoms with Crippen LogP contribution in [0.4, 0.5) is 4.39 Å². The average molecular weight is 206 g/mol. The van der Waals surface area contributed by atoms with Crippen LogP contribution >= 0.6 is 0 Å². The zero-order valence-corrected chi connectivity index (χ0v) is 8.57. The van der Waals surface area contributed by atoms with Crippen LogP contribution in [0.15, 0.2) is 30.5 Å². The van der Waals surface area contributed by atoms with Gasteiger partial charge in [-0.2, -0.15) is 5.10 Å². The topological polar surface area (TPSA) is 27.1 Å². The van der Waals surface area contributed by atoms with Crippen molar-refractivity contribution in [2.45, 2.75) is 0 Å². The third-order valence-electron chi connectivity index (χ3n) is 2.27. The van der Waals surface area contributed by atoms with E-state index in [4.69, 9.17) is 4.74 Å². The number of aryl methyl sites for hydroxylation is 1. The molecule has 0 aliphatic rings. The summed E-state index contributed by atoms with van der Waals surface area (Å²) in [6, 6.07) is 6.69. The van der Waals surface area contributed by atoms with Gasteiger partial charge in [-0.05, 0) is 24.3 Å². The molecule has 0 saturated heterocycles. The van der Waals surface area contributed by atoms with Crippen LogP contribution in [0.5, 0.6) is 5.75 Å². The molecule has 0 fully saturated rings. The molecule has 15 heavy (non-hydrogen) atoms. The van der Waals surface area contributed by atoms with E-state index in [2.05, 4.69) is 5.10 Å². The Morgan fingerprint density at radius 3 is 2.67 bits per heavy atom. The fourth-order valence-corrected chi connectivity index (χ4v) is 1.48. The SMILES string of the molecule is COc1ccc(-c2ccnn2C)cc1F. The summed E-state index contributed by atoms with van der Waals surface area (Å²) in [5, 5.41) is 4.03. The van der Waals surface area contributed by atoms with E-state index in [1.165, 1.54) is 13.2 Å². The lowest BCUT2D eigenvalue weighted by Gasteiger charge is -2.05. The van der Waals surface area contributed by atoms with Crippen molar-refractivity contribution < 1.29 is 9.13 Å². The van der Waals surface area contributed by atoms with Crippen LogP contribution in [-0.2, 0) is 7.05 Å². The number of hydrogen-bond donors (Lipinski definition) is 0. The molecule has 0 amide bonds. The van der Waals surface area contributed by atoms with Crippen molar-refractivity contribution in [3.63, 3.8) is 0 Å². The van der Waals surface area contributed by atoms with E-state index in [1.807, 2.05) is 13.1 Å². The molecule has 1 aromatic heterocycles. The van der Waals surface area contributed by atoms with E-state index in [1.54, 1.807) is 23.0 Å². The van der Waals surface area contributed by atoms with Crippen molar-refractivity contribution in [2.24, 2.45) is 7.05 Å². The van der Waals surface area contributed by atoms with Crippen LogP contribution in [0.3, 0.4) is 0 Å².